The predicted molar refractivity (Wildman–Crippen MR) is 115 cm³/mol. The van der Waals surface area contributed by atoms with E-state index in [1.807, 2.05) is 56.3 Å². The van der Waals surface area contributed by atoms with E-state index in [1.54, 1.807) is 0 Å². The first-order valence-electron chi connectivity index (χ1n) is 10.1. The molecular weight excluding hydrogens is 393 g/mol. The van der Waals surface area contributed by atoms with Crippen molar-refractivity contribution in [1.82, 2.24) is 20.5 Å². The van der Waals surface area contributed by atoms with Crippen molar-refractivity contribution in [3.05, 3.63) is 35.9 Å². The Hall–Kier alpha value is -2.55. The number of nitrogens with one attached hydrogen (secondary N) is 2. The molecule has 2 aromatic rings. The van der Waals surface area contributed by atoms with Crippen molar-refractivity contribution in [2.24, 2.45) is 4.99 Å². The van der Waals surface area contributed by atoms with E-state index in [4.69, 9.17) is 4.99 Å². The van der Waals surface area contributed by atoms with Crippen LogP contribution in [0.4, 0.5) is 19.0 Å². The number of para-hydroxylation sites is 1. The second kappa shape index (κ2) is 9.51. The highest BCUT2D eigenvalue weighted by Gasteiger charge is 2.34. The Labute approximate surface area is 175 Å². The predicted octanol–water partition coefficient (Wildman–Crippen LogP) is 2.99. The van der Waals surface area contributed by atoms with Crippen LogP contribution < -0.4 is 15.5 Å². The number of anilines is 1. The molecule has 1 aliphatic rings. The van der Waals surface area contributed by atoms with Gasteiger partial charge in [0, 0.05) is 45.2 Å². The average Bonchev–Trinajstić information content (AvgIpc) is 3.10. The van der Waals surface area contributed by atoms with Gasteiger partial charge in [0.05, 0.1) is 18.6 Å². The Morgan fingerprint density at radius 1 is 1.30 bits per heavy atom. The lowest BCUT2D eigenvalue weighted by Gasteiger charge is -2.20. The summed E-state index contributed by atoms with van der Waals surface area (Å²) in [5.74, 6) is 1.47. The zero-order valence-electron chi connectivity index (χ0n) is 17.6. The number of guanidine groups is 1. The quantitative estimate of drug-likeness (QED) is 0.554. The van der Waals surface area contributed by atoms with Gasteiger partial charge in [-0.25, -0.2) is 9.98 Å². The number of fused-ring (bicyclic) bond motifs is 1. The summed E-state index contributed by atoms with van der Waals surface area (Å²) in [5.41, 5.74) is 1.96. The highest BCUT2D eigenvalue weighted by Crippen LogP contribution is 2.23. The van der Waals surface area contributed by atoms with E-state index in [-0.39, 0.29) is 6.04 Å². The molecule has 0 saturated carbocycles. The number of alkyl halides is 3. The van der Waals surface area contributed by atoms with Gasteiger partial charge in [0.2, 0.25) is 0 Å². The van der Waals surface area contributed by atoms with E-state index in [0.29, 0.717) is 38.6 Å². The van der Waals surface area contributed by atoms with Crippen LogP contribution in [0, 0.1) is 0 Å². The average molecular weight is 422 g/mol. The topological polar surface area (TPSA) is 55.8 Å². The minimum Gasteiger partial charge on any atom is -0.363 e. The Morgan fingerprint density at radius 3 is 2.77 bits per heavy atom. The molecule has 1 fully saturated rings. The third-order valence-electron chi connectivity index (χ3n) is 5.01. The van der Waals surface area contributed by atoms with Gasteiger partial charge in [0.1, 0.15) is 5.82 Å². The number of nitrogens with zero attached hydrogens (tertiary/aromatic N) is 4. The number of hydrogen-bond acceptors (Lipinski definition) is 4. The van der Waals surface area contributed by atoms with Gasteiger partial charge < -0.3 is 15.5 Å². The van der Waals surface area contributed by atoms with E-state index in [2.05, 4.69) is 15.6 Å². The summed E-state index contributed by atoms with van der Waals surface area (Å²) in [6, 6.07) is 9.91. The van der Waals surface area contributed by atoms with Crippen molar-refractivity contribution in [1.29, 1.82) is 0 Å². The van der Waals surface area contributed by atoms with Gasteiger partial charge >= 0.3 is 6.18 Å². The van der Waals surface area contributed by atoms with E-state index in [9.17, 15) is 13.2 Å². The van der Waals surface area contributed by atoms with Gasteiger partial charge in [-0.2, -0.15) is 13.2 Å². The molecule has 6 nitrogen and oxygen atoms in total. The summed E-state index contributed by atoms with van der Waals surface area (Å²) in [6.45, 7) is 3.00. The third kappa shape index (κ3) is 5.98. The van der Waals surface area contributed by atoms with Crippen LogP contribution in [0.1, 0.15) is 18.9 Å². The second-order valence-corrected chi connectivity index (χ2v) is 7.73. The molecule has 0 bridgehead atoms. The second-order valence-electron chi connectivity index (χ2n) is 7.73. The minimum atomic E-state index is -4.17. The number of pyridine rings is 1. The van der Waals surface area contributed by atoms with Crippen LogP contribution >= 0.6 is 0 Å². The molecule has 1 aliphatic heterocycles. The van der Waals surface area contributed by atoms with Crippen LogP contribution in [0.25, 0.3) is 10.9 Å². The maximum Gasteiger partial charge on any atom is 0.401 e. The molecule has 3 rings (SSSR count). The summed E-state index contributed by atoms with van der Waals surface area (Å²) in [4.78, 5) is 12.8. The van der Waals surface area contributed by atoms with Crippen LogP contribution in [-0.2, 0) is 6.54 Å². The molecule has 0 amide bonds. The van der Waals surface area contributed by atoms with Crippen molar-refractivity contribution in [3.63, 3.8) is 0 Å². The number of aliphatic imine (C=N–C) groups is 1. The monoisotopic (exact) mass is 422 g/mol. The minimum absolute atomic E-state index is 0.0586. The van der Waals surface area contributed by atoms with Crippen molar-refractivity contribution >= 4 is 22.7 Å². The summed E-state index contributed by atoms with van der Waals surface area (Å²) < 4.78 is 37.9. The van der Waals surface area contributed by atoms with Gasteiger partial charge in [0.25, 0.3) is 0 Å². The SMILES string of the molecule is CCNC(=NCc1cc(N(C)C)nc2ccccc12)NC1CCN(CC(F)(F)F)C1. The van der Waals surface area contributed by atoms with Gasteiger partial charge in [0.15, 0.2) is 5.96 Å². The van der Waals surface area contributed by atoms with E-state index >= 15 is 0 Å². The molecule has 1 unspecified atom stereocenters. The molecule has 0 aliphatic carbocycles. The van der Waals surface area contributed by atoms with Crippen LogP contribution in [0.2, 0.25) is 0 Å². The molecule has 1 aromatic carbocycles. The third-order valence-corrected chi connectivity index (χ3v) is 5.01. The number of aromatic nitrogens is 1. The zero-order chi connectivity index (χ0) is 21.7. The fourth-order valence-electron chi connectivity index (χ4n) is 3.62. The van der Waals surface area contributed by atoms with Gasteiger partial charge in [-0.15, -0.1) is 0 Å². The maximum atomic E-state index is 12.6. The first-order valence-corrected chi connectivity index (χ1v) is 10.1. The Balaban J connectivity index is 1.74. The molecular formula is C21H29F3N6. The highest BCUT2D eigenvalue weighted by atomic mass is 19.4. The number of halogens is 3. The fraction of sp³-hybridized carbons (Fsp3) is 0.524. The molecule has 0 radical (unpaired) electrons. The van der Waals surface area contributed by atoms with Crippen LogP contribution in [0.5, 0.6) is 0 Å². The van der Waals surface area contributed by atoms with Crippen molar-refractivity contribution in [2.45, 2.75) is 32.1 Å². The van der Waals surface area contributed by atoms with Crippen molar-refractivity contribution in [2.75, 3.05) is 45.2 Å². The van der Waals surface area contributed by atoms with Gasteiger partial charge in [-0.3, -0.25) is 4.90 Å². The van der Waals surface area contributed by atoms with Crippen molar-refractivity contribution in [3.8, 4) is 0 Å². The van der Waals surface area contributed by atoms with Crippen molar-refractivity contribution < 1.29 is 13.2 Å². The normalized spacial score (nSPS) is 18.1. The first kappa shape index (κ1) is 22.1. The van der Waals surface area contributed by atoms with E-state index in [0.717, 1.165) is 22.3 Å². The van der Waals surface area contributed by atoms with Crippen LogP contribution in [0.15, 0.2) is 35.3 Å². The molecule has 1 aromatic heterocycles. The lowest BCUT2D eigenvalue weighted by molar-refractivity contribution is -0.143. The Bertz CT molecular complexity index is 881. The molecule has 164 valence electrons. The first-order chi connectivity index (χ1) is 14.2. The largest absolute Gasteiger partial charge is 0.401 e. The number of benzene rings is 1. The fourth-order valence-corrected chi connectivity index (χ4v) is 3.62. The summed E-state index contributed by atoms with van der Waals surface area (Å²) >= 11 is 0. The number of likely N-dealkylation sites (tertiary alicyclic amines) is 1. The van der Waals surface area contributed by atoms with E-state index < -0.39 is 12.7 Å². The Kier molecular flexibility index (Phi) is 7.02. The molecule has 1 saturated heterocycles. The van der Waals surface area contributed by atoms with Gasteiger partial charge in [-0.1, -0.05) is 18.2 Å². The highest BCUT2D eigenvalue weighted by molar-refractivity contribution is 5.85. The molecule has 30 heavy (non-hydrogen) atoms. The van der Waals surface area contributed by atoms with E-state index in [1.165, 1.54) is 4.90 Å². The molecule has 2 heterocycles. The molecule has 2 N–H and O–H groups in total. The van der Waals surface area contributed by atoms with Crippen LogP contribution in [0.3, 0.4) is 0 Å². The summed E-state index contributed by atoms with van der Waals surface area (Å²) in [6.07, 6.45) is -3.51. The van der Waals surface area contributed by atoms with Gasteiger partial charge in [-0.05, 0) is 31.0 Å². The lowest BCUT2D eigenvalue weighted by atomic mass is 10.1. The summed E-state index contributed by atoms with van der Waals surface area (Å²) in [7, 11) is 3.89. The maximum absolute atomic E-state index is 12.6. The summed E-state index contributed by atoms with van der Waals surface area (Å²) in [5, 5.41) is 7.53. The number of hydrogen-bond donors (Lipinski definition) is 2. The molecule has 1 atom stereocenters. The zero-order valence-corrected chi connectivity index (χ0v) is 17.6. The standard InChI is InChI=1S/C21H29F3N6/c1-4-25-20(27-16-9-10-30(13-16)14-21(22,23)24)26-12-15-11-19(29(2)3)28-18-8-6-5-7-17(15)18/h5-8,11,16H,4,9-10,12-14H2,1-3H3,(H2,25,26,27). The molecule has 0 spiro atoms. The van der Waals surface area contributed by atoms with Crippen LogP contribution in [-0.4, -0.2) is 68.3 Å². The molecule has 9 heteroatoms. The number of rotatable bonds is 6. The Morgan fingerprint density at radius 2 is 2.07 bits per heavy atom. The lowest BCUT2D eigenvalue weighted by Crippen LogP contribution is -2.45. The smallest absolute Gasteiger partial charge is 0.363 e.